The summed E-state index contributed by atoms with van der Waals surface area (Å²) in [5.41, 5.74) is 8.76. The molecular weight excluding hydrogens is 256 g/mol. The first-order chi connectivity index (χ1) is 9.38. The number of amides is 1. The Morgan fingerprint density at radius 1 is 1.10 bits per heavy atom. The molecule has 0 fully saturated rings. The number of aryl methyl sites for hydroxylation is 2. The molecule has 5 nitrogen and oxygen atoms in total. The number of phenols is 2. The zero-order valence-electron chi connectivity index (χ0n) is 11.3. The second-order valence-corrected chi connectivity index (χ2v) is 4.68. The minimum atomic E-state index is -0.509. The second-order valence-electron chi connectivity index (χ2n) is 4.68. The summed E-state index contributed by atoms with van der Waals surface area (Å²) < 4.78 is 0. The molecule has 2 aromatic rings. The topological polar surface area (TPSA) is 95.6 Å². The van der Waals surface area contributed by atoms with Gasteiger partial charge in [-0.1, -0.05) is 6.07 Å². The molecule has 104 valence electrons. The fraction of sp³-hybridized carbons (Fsp3) is 0.133. The van der Waals surface area contributed by atoms with E-state index in [9.17, 15) is 15.0 Å². The quantitative estimate of drug-likeness (QED) is 0.499. The molecule has 5 heteroatoms. The van der Waals surface area contributed by atoms with Gasteiger partial charge in [-0.2, -0.15) is 0 Å². The summed E-state index contributed by atoms with van der Waals surface area (Å²) in [6.07, 6.45) is 0. The monoisotopic (exact) mass is 272 g/mol. The summed E-state index contributed by atoms with van der Waals surface area (Å²) in [5.74, 6) is -0.795. The molecule has 0 aliphatic rings. The first-order valence-electron chi connectivity index (χ1n) is 6.08. The molecule has 0 heterocycles. The molecule has 0 aromatic heterocycles. The van der Waals surface area contributed by atoms with Gasteiger partial charge in [-0.15, -0.1) is 0 Å². The number of carbonyl (C=O) groups is 1. The third kappa shape index (κ3) is 2.66. The van der Waals surface area contributed by atoms with Crippen LogP contribution in [-0.2, 0) is 0 Å². The Balaban J connectivity index is 2.32. The highest BCUT2D eigenvalue weighted by molar-refractivity contribution is 6.06. The van der Waals surface area contributed by atoms with Crippen LogP contribution in [0.3, 0.4) is 0 Å². The van der Waals surface area contributed by atoms with E-state index in [1.54, 1.807) is 6.07 Å². The minimum absolute atomic E-state index is 0.00328. The Labute approximate surface area is 116 Å². The Morgan fingerprint density at radius 2 is 1.80 bits per heavy atom. The third-order valence-corrected chi connectivity index (χ3v) is 3.09. The van der Waals surface area contributed by atoms with Gasteiger partial charge in [-0.25, -0.2) is 0 Å². The van der Waals surface area contributed by atoms with Crippen LogP contribution < -0.4 is 11.1 Å². The highest BCUT2D eigenvalue weighted by Crippen LogP contribution is 2.26. The van der Waals surface area contributed by atoms with Gasteiger partial charge in [0.25, 0.3) is 5.91 Å². The molecule has 0 saturated heterocycles. The maximum absolute atomic E-state index is 12.1. The molecule has 2 aromatic carbocycles. The average Bonchev–Trinajstić information content (AvgIpc) is 2.38. The van der Waals surface area contributed by atoms with E-state index in [2.05, 4.69) is 5.32 Å². The van der Waals surface area contributed by atoms with Crippen LogP contribution in [0.2, 0.25) is 0 Å². The van der Waals surface area contributed by atoms with Gasteiger partial charge < -0.3 is 21.3 Å². The van der Waals surface area contributed by atoms with Gasteiger partial charge in [-0.3, -0.25) is 4.79 Å². The Bertz CT molecular complexity index is 681. The van der Waals surface area contributed by atoms with Crippen molar-refractivity contribution in [3.8, 4) is 11.5 Å². The van der Waals surface area contributed by atoms with Crippen molar-refractivity contribution in [3.63, 3.8) is 0 Å². The van der Waals surface area contributed by atoms with Gasteiger partial charge in [0.15, 0.2) is 0 Å². The van der Waals surface area contributed by atoms with Gasteiger partial charge in [0, 0.05) is 11.4 Å². The summed E-state index contributed by atoms with van der Waals surface area (Å²) in [6, 6.07) is 7.31. The van der Waals surface area contributed by atoms with Gasteiger partial charge in [-0.05, 0) is 49.2 Å². The number of benzene rings is 2. The van der Waals surface area contributed by atoms with Crippen molar-refractivity contribution in [1.82, 2.24) is 0 Å². The van der Waals surface area contributed by atoms with E-state index in [0.29, 0.717) is 11.4 Å². The van der Waals surface area contributed by atoms with Gasteiger partial charge in [0.05, 0.1) is 5.56 Å². The van der Waals surface area contributed by atoms with Crippen molar-refractivity contribution in [2.75, 3.05) is 11.1 Å². The lowest BCUT2D eigenvalue weighted by Crippen LogP contribution is -2.13. The first kappa shape index (κ1) is 13.7. The highest BCUT2D eigenvalue weighted by atomic mass is 16.3. The van der Waals surface area contributed by atoms with E-state index < -0.39 is 5.91 Å². The van der Waals surface area contributed by atoms with Crippen LogP contribution in [-0.4, -0.2) is 16.1 Å². The normalized spacial score (nSPS) is 10.3. The predicted octanol–water partition coefficient (Wildman–Crippen LogP) is 2.55. The summed E-state index contributed by atoms with van der Waals surface area (Å²) in [5, 5.41) is 21.7. The van der Waals surface area contributed by atoms with Crippen molar-refractivity contribution in [2.24, 2.45) is 0 Å². The van der Waals surface area contributed by atoms with Gasteiger partial charge in [0.2, 0.25) is 0 Å². The molecule has 0 saturated carbocycles. The van der Waals surface area contributed by atoms with Crippen molar-refractivity contribution in [1.29, 1.82) is 0 Å². The number of anilines is 2. The smallest absolute Gasteiger partial charge is 0.259 e. The lowest BCUT2D eigenvalue weighted by molar-refractivity contribution is 0.102. The van der Waals surface area contributed by atoms with E-state index in [1.807, 2.05) is 19.9 Å². The summed E-state index contributed by atoms with van der Waals surface area (Å²) in [7, 11) is 0. The number of nitrogens with two attached hydrogens (primary N) is 1. The number of nitrogen functional groups attached to an aromatic ring is 1. The maximum atomic E-state index is 12.1. The van der Waals surface area contributed by atoms with Crippen LogP contribution in [0.1, 0.15) is 21.5 Å². The molecule has 0 spiro atoms. The molecule has 5 N–H and O–H groups in total. The average molecular weight is 272 g/mol. The number of hydrogen-bond donors (Lipinski definition) is 4. The lowest BCUT2D eigenvalue weighted by atomic mass is 10.1. The number of phenolic OH excluding ortho intramolecular Hbond substituents is 2. The van der Waals surface area contributed by atoms with Crippen LogP contribution in [0, 0.1) is 13.8 Å². The van der Waals surface area contributed by atoms with Crippen LogP contribution in [0.25, 0.3) is 0 Å². The highest BCUT2D eigenvalue weighted by Gasteiger charge is 2.13. The number of rotatable bonds is 2. The lowest BCUT2D eigenvalue weighted by Gasteiger charge is -2.12. The van der Waals surface area contributed by atoms with Crippen LogP contribution in [0.4, 0.5) is 11.4 Å². The molecule has 20 heavy (non-hydrogen) atoms. The molecular formula is C15H16N2O3. The zero-order chi connectivity index (χ0) is 14.9. The summed E-state index contributed by atoms with van der Waals surface area (Å²) in [6.45, 7) is 3.74. The van der Waals surface area contributed by atoms with Crippen molar-refractivity contribution in [2.45, 2.75) is 13.8 Å². The van der Waals surface area contributed by atoms with Crippen LogP contribution in [0.5, 0.6) is 11.5 Å². The molecule has 0 aliphatic heterocycles. The van der Waals surface area contributed by atoms with Crippen molar-refractivity contribution >= 4 is 17.3 Å². The van der Waals surface area contributed by atoms with Gasteiger partial charge >= 0.3 is 0 Å². The standard InChI is InChI=1S/C15H16N2O3/c1-8-5-9(2)13(7-12(8)16)17-15(20)11-6-10(18)3-4-14(11)19/h3-7,18-19H,16H2,1-2H3,(H,17,20). The van der Waals surface area contributed by atoms with Crippen molar-refractivity contribution < 1.29 is 15.0 Å². The molecule has 0 unspecified atom stereocenters. The zero-order valence-corrected chi connectivity index (χ0v) is 11.3. The summed E-state index contributed by atoms with van der Waals surface area (Å²) in [4.78, 5) is 12.1. The maximum Gasteiger partial charge on any atom is 0.259 e. The fourth-order valence-corrected chi connectivity index (χ4v) is 1.90. The first-order valence-corrected chi connectivity index (χ1v) is 6.08. The molecule has 0 radical (unpaired) electrons. The molecule has 0 atom stereocenters. The van der Waals surface area contributed by atoms with E-state index in [4.69, 9.17) is 5.73 Å². The van der Waals surface area contributed by atoms with Gasteiger partial charge in [0.1, 0.15) is 11.5 Å². The Morgan fingerprint density at radius 3 is 2.50 bits per heavy atom. The molecule has 2 rings (SSSR count). The number of aromatic hydroxyl groups is 2. The van der Waals surface area contributed by atoms with E-state index in [-0.39, 0.29) is 17.1 Å². The SMILES string of the molecule is Cc1cc(C)c(NC(=O)c2cc(O)ccc2O)cc1N. The summed E-state index contributed by atoms with van der Waals surface area (Å²) >= 11 is 0. The predicted molar refractivity (Wildman–Crippen MR) is 78.1 cm³/mol. The third-order valence-electron chi connectivity index (χ3n) is 3.09. The molecule has 1 amide bonds. The number of carbonyl (C=O) groups excluding carboxylic acids is 1. The molecule has 0 aliphatic carbocycles. The second kappa shape index (κ2) is 5.13. The van der Waals surface area contributed by atoms with E-state index in [1.165, 1.54) is 18.2 Å². The Kier molecular flexibility index (Phi) is 3.52. The Hall–Kier alpha value is -2.69. The van der Waals surface area contributed by atoms with Crippen LogP contribution >= 0.6 is 0 Å². The van der Waals surface area contributed by atoms with E-state index >= 15 is 0 Å². The fourth-order valence-electron chi connectivity index (χ4n) is 1.90. The van der Waals surface area contributed by atoms with Crippen molar-refractivity contribution in [3.05, 3.63) is 47.0 Å². The largest absolute Gasteiger partial charge is 0.508 e. The minimum Gasteiger partial charge on any atom is -0.508 e. The molecule has 0 bridgehead atoms. The van der Waals surface area contributed by atoms with E-state index in [0.717, 1.165) is 11.1 Å². The number of hydrogen-bond acceptors (Lipinski definition) is 4. The van der Waals surface area contributed by atoms with Crippen LogP contribution in [0.15, 0.2) is 30.3 Å². The number of nitrogens with one attached hydrogen (secondary N) is 1.